The molecule has 3 heterocycles. The van der Waals surface area contributed by atoms with Crippen molar-refractivity contribution < 1.29 is 8.42 Å². The van der Waals surface area contributed by atoms with Gasteiger partial charge in [0.25, 0.3) is 0 Å². The Labute approximate surface area is 114 Å². The molecule has 0 aliphatic carbocycles. The molecule has 3 rings (SSSR count). The van der Waals surface area contributed by atoms with Gasteiger partial charge in [0, 0.05) is 37.3 Å². The van der Waals surface area contributed by atoms with Gasteiger partial charge >= 0.3 is 0 Å². The third-order valence-electron chi connectivity index (χ3n) is 4.34. The number of nitrogens with zero attached hydrogens (tertiary/aromatic N) is 2. The summed E-state index contributed by atoms with van der Waals surface area (Å²) in [7, 11) is -2.91. The van der Waals surface area contributed by atoms with Gasteiger partial charge in [0.05, 0.1) is 11.0 Å². The highest BCUT2D eigenvalue weighted by Gasteiger charge is 2.31. The summed E-state index contributed by atoms with van der Waals surface area (Å²) in [6.45, 7) is 0.874. The summed E-state index contributed by atoms with van der Waals surface area (Å²) in [5.74, 6) is 1.27. The van der Waals surface area contributed by atoms with Gasteiger partial charge in [0.15, 0.2) is 9.84 Å². The maximum atomic E-state index is 12.1. The molecule has 2 aliphatic rings. The number of fused-ring (bicyclic) bond motifs is 1. The van der Waals surface area contributed by atoms with E-state index in [4.69, 9.17) is 5.73 Å². The van der Waals surface area contributed by atoms with Crippen molar-refractivity contribution >= 4 is 9.84 Å². The van der Waals surface area contributed by atoms with Crippen LogP contribution in [0.3, 0.4) is 0 Å². The average Bonchev–Trinajstić information content (AvgIpc) is 2.74. The Morgan fingerprint density at radius 3 is 3.00 bits per heavy atom. The quantitative estimate of drug-likeness (QED) is 0.865. The summed E-state index contributed by atoms with van der Waals surface area (Å²) in [6.07, 6.45) is 6.85. The normalized spacial score (nSPS) is 29.9. The first-order valence-electron chi connectivity index (χ1n) is 7.07. The van der Waals surface area contributed by atoms with Crippen LogP contribution < -0.4 is 5.73 Å². The van der Waals surface area contributed by atoms with Crippen LogP contribution in [-0.4, -0.2) is 35.0 Å². The van der Waals surface area contributed by atoms with Gasteiger partial charge in [-0.3, -0.25) is 0 Å². The Kier molecular flexibility index (Phi) is 3.39. The Bertz CT molecular complexity index is 564. The molecule has 0 amide bonds. The van der Waals surface area contributed by atoms with Crippen LogP contribution in [0, 0.1) is 0 Å². The Morgan fingerprint density at radius 2 is 2.21 bits per heavy atom. The zero-order valence-electron chi connectivity index (χ0n) is 11.1. The van der Waals surface area contributed by atoms with E-state index < -0.39 is 9.84 Å². The number of nitrogens with two attached hydrogens (primary N) is 1. The molecule has 0 radical (unpaired) electrons. The van der Waals surface area contributed by atoms with E-state index in [-0.39, 0.29) is 11.3 Å². The van der Waals surface area contributed by atoms with Gasteiger partial charge in [0.2, 0.25) is 0 Å². The highest BCUT2D eigenvalue weighted by molar-refractivity contribution is 7.92. The Balaban J connectivity index is 1.81. The van der Waals surface area contributed by atoms with Gasteiger partial charge in [-0.25, -0.2) is 13.4 Å². The van der Waals surface area contributed by atoms with Crippen LogP contribution in [0.15, 0.2) is 6.20 Å². The van der Waals surface area contributed by atoms with Gasteiger partial charge in [-0.05, 0) is 19.3 Å². The van der Waals surface area contributed by atoms with Crippen molar-refractivity contribution in [3.05, 3.63) is 17.7 Å². The summed E-state index contributed by atoms with van der Waals surface area (Å²) < 4.78 is 26.3. The first kappa shape index (κ1) is 13.1. The van der Waals surface area contributed by atoms with E-state index in [1.807, 2.05) is 6.20 Å². The van der Waals surface area contributed by atoms with Gasteiger partial charge in [0.1, 0.15) is 5.82 Å². The molecular weight excluding hydrogens is 262 g/mol. The van der Waals surface area contributed by atoms with Crippen molar-refractivity contribution in [2.45, 2.75) is 56.4 Å². The molecule has 2 N–H and O–H groups in total. The van der Waals surface area contributed by atoms with Crippen LogP contribution in [0.2, 0.25) is 0 Å². The molecule has 5 nitrogen and oxygen atoms in total. The van der Waals surface area contributed by atoms with Crippen LogP contribution >= 0.6 is 0 Å². The van der Waals surface area contributed by atoms with E-state index in [0.717, 1.165) is 50.2 Å². The Hall–Kier alpha value is -0.880. The Morgan fingerprint density at radius 1 is 1.37 bits per heavy atom. The smallest absolute Gasteiger partial charge is 0.153 e. The lowest BCUT2D eigenvalue weighted by Crippen LogP contribution is -2.33. The number of sulfone groups is 1. The number of hydrogen-bond donors (Lipinski definition) is 1. The monoisotopic (exact) mass is 283 g/mol. The molecule has 2 unspecified atom stereocenters. The molecule has 1 fully saturated rings. The van der Waals surface area contributed by atoms with Crippen molar-refractivity contribution in [3.63, 3.8) is 0 Å². The summed E-state index contributed by atoms with van der Waals surface area (Å²) in [6, 6.07) is 0.218. The van der Waals surface area contributed by atoms with Crippen molar-refractivity contribution in [2.24, 2.45) is 5.73 Å². The second-order valence-electron chi connectivity index (χ2n) is 5.76. The lowest BCUT2D eigenvalue weighted by atomic mass is 10.1. The van der Waals surface area contributed by atoms with E-state index in [2.05, 4.69) is 9.55 Å². The molecule has 2 atom stereocenters. The average molecular weight is 283 g/mol. The molecule has 0 bridgehead atoms. The largest absolute Gasteiger partial charge is 0.332 e. The molecule has 19 heavy (non-hydrogen) atoms. The summed E-state index contributed by atoms with van der Waals surface area (Å²) in [5.41, 5.74) is 7.10. The van der Waals surface area contributed by atoms with Gasteiger partial charge < -0.3 is 10.3 Å². The van der Waals surface area contributed by atoms with Crippen LogP contribution in [0.5, 0.6) is 0 Å². The second-order valence-corrected chi connectivity index (χ2v) is 8.16. The molecular formula is C13H21N3O2S. The molecule has 1 saturated heterocycles. The molecule has 2 aliphatic heterocycles. The standard InChI is InChI=1S/C13H21N3O2S/c14-10-4-5-16-11(7-10)9-15-13(16)8-12-3-1-2-6-19(12,17)18/h9-10,12H,1-8,14H2. The van der Waals surface area contributed by atoms with Gasteiger partial charge in [-0.1, -0.05) is 6.42 Å². The summed E-state index contributed by atoms with van der Waals surface area (Å²) in [4.78, 5) is 4.43. The third kappa shape index (κ3) is 2.56. The topological polar surface area (TPSA) is 78.0 Å². The van der Waals surface area contributed by atoms with E-state index in [1.165, 1.54) is 0 Å². The van der Waals surface area contributed by atoms with Crippen molar-refractivity contribution in [3.8, 4) is 0 Å². The van der Waals surface area contributed by atoms with Crippen molar-refractivity contribution in [1.82, 2.24) is 9.55 Å². The zero-order valence-corrected chi connectivity index (χ0v) is 11.9. The first-order chi connectivity index (χ1) is 9.06. The molecule has 0 spiro atoms. The molecule has 0 aromatic carbocycles. The minimum absolute atomic E-state index is 0.218. The number of aromatic nitrogens is 2. The number of hydrogen-bond acceptors (Lipinski definition) is 4. The van der Waals surface area contributed by atoms with Gasteiger partial charge in [-0.15, -0.1) is 0 Å². The predicted octanol–water partition coefficient (Wildman–Crippen LogP) is 0.666. The van der Waals surface area contributed by atoms with Crippen LogP contribution in [0.4, 0.5) is 0 Å². The van der Waals surface area contributed by atoms with Gasteiger partial charge in [-0.2, -0.15) is 0 Å². The minimum atomic E-state index is -2.91. The highest BCUT2D eigenvalue weighted by Crippen LogP contribution is 2.24. The minimum Gasteiger partial charge on any atom is -0.332 e. The number of imidazole rings is 1. The number of rotatable bonds is 2. The second kappa shape index (κ2) is 4.90. The molecule has 1 aromatic rings. The predicted molar refractivity (Wildman–Crippen MR) is 73.7 cm³/mol. The van der Waals surface area contributed by atoms with E-state index >= 15 is 0 Å². The van der Waals surface area contributed by atoms with Crippen LogP contribution in [0.1, 0.15) is 37.2 Å². The first-order valence-corrected chi connectivity index (χ1v) is 8.78. The van der Waals surface area contributed by atoms with E-state index in [9.17, 15) is 8.42 Å². The lowest BCUT2D eigenvalue weighted by molar-refractivity contribution is 0.454. The zero-order chi connectivity index (χ0) is 13.5. The fourth-order valence-electron chi connectivity index (χ4n) is 3.17. The molecule has 1 aromatic heterocycles. The van der Waals surface area contributed by atoms with Crippen molar-refractivity contribution in [1.29, 1.82) is 0 Å². The highest BCUT2D eigenvalue weighted by atomic mass is 32.2. The maximum absolute atomic E-state index is 12.1. The van der Waals surface area contributed by atoms with Crippen LogP contribution in [-0.2, 0) is 29.2 Å². The fourth-order valence-corrected chi connectivity index (χ4v) is 5.04. The summed E-state index contributed by atoms with van der Waals surface area (Å²) in [5, 5.41) is -0.233. The summed E-state index contributed by atoms with van der Waals surface area (Å²) >= 11 is 0. The van der Waals surface area contributed by atoms with Crippen LogP contribution in [0.25, 0.3) is 0 Å². The fraction of sp³-hybridized carbons (Fsp3) is 0.769. The molecule has 6 heteroatoms. The van der Waals surface area contributed by atoms with Crippen molar-refractivity contribution in [2.75, 3.05) is 5.75 Å². The lowest BCUT2D eigenvalue weighted by Gasteiger charge is -2.25. The molecule has 0 saturated carbocycles. The maximum Gasteiger partial charge on any atom is 0.153 e. The van der Waals surface area contributed by atoms with E-state index in [0.29, 0.717) is 12.2 Å². The molecule has 106 valence electrons. The third-order valence-corrected chi connectivity index (χ3v) is 6.61. The SMILES string of the molecule is NC1CCn2c(cnc2CC2CCCCS2(=O)=O)C1. The van der Waals surface area contributed by atoms with E-state index in [1.54, 1.807) is 0 Å².